The molecular weight excluding hydrogens is 648 g/mol. The molecule has 0 saturated carbocycles. The third-order valence-corrected chi connectivity index (χ3v) is 11.2. The number of cyclic esters (lactones) is 1. The van der Waals surface area contributed by atoms with Crippen molar-refractivity contribution in [1.82, 2.24) is 9.80 Å². The SMILES string of the molecule is CC[C@H]1OC(=O)[C@H](C)[C@@H](O[C@H]2C[C@@](C)(OC)[C@@H](O)[C@H](C)O2)[C@H](C)[C@@H](OCO[C@H](C)CCN(C)C)C(C)(O)C[C@@H](C)CN(C)[C@H](C)[C@@H](O)[C@]1(C)O. The van der Waals surface area contributed by atoms with Crippen LogP contribution in [0.25, 0.3) is 0 Å². The van der Waals surface area contributed by atoms with Crippen LogP contribution in [0.2, 0.25) is 0 Å². The lowest BCUT2D eigenvalue weighted by atomic mass is 9.78. The van der Waals surface area contributed by atoms with Gasteiger partial charge in [-0.1, -0.05) is 20.8 Å². The van der Waals surface area contributed by atoms with Gasteiger partial charge < -0.3 is 58.6 Å². The number of aliphatic hydroxyl groups is 4. The number of carbonyl (C=O) groups is 1. The molecule has 0 aromatic carbocycles. The number of methoxy groups -OCH3 is 1. The Kier molecular flexibility index (Phi) is 17.1. The molecular formula is C37H72N2O11. The topological polar surface area (TPSA) is 160 Å². The lowest BCUT2D eigenvalue weighted by Crippen LogP contribution is -2.59. The first-order valence-electron chi connectivity index (χ1n) is 18.5. The van der Waals surface area contributed by atoms with Crippen molar-refractivity contribution < 1.29 is 53.6 Å². The minimum atomic E-state index is -1.76. The Bertz CT molecular complexity index is 1030. The van der Waals surface area contributed by atoms with Gasteiger partial charge in [-0.3, -0.25) is 4.79 Å². The Hall–Kier alpha value is -0.970. The summed E-state index contributed by atoms with van der Waals surface area (Å²) in [5.74, 6) is -2.26. The van der Waals surface area contributed by atoms with Gasteiger partial charge in [-0.25, -0.2) is 0 Å². The quantitative estimate of drug-likeness (QED) is 0.183. The Morgan fingerprint density at radius 2 is 1.66 bits per heavy atom. The molecule has 13 heteroatoms. The van der Waals surface area contributed by atoms with E-state index in [0.29, 0.717) is 13.0 Å². The van der Waals surface area contributed by atoms with Crippen molar-refractivity contribution in [1.29, 1.82) is 0 Å². The normalized spacial score (nSPS) is 44.0. The van der Waals surface area contributed by atoms with E-state index >= 15 is 0 Å². The van der Waals surface area contributed by atoms with Crippen molar-refractivity contribution in [2.45, 2.75) is 167 Å². The summed E-state index contributed by atoms with van der Waals surface area (Å²) >= 11 is 0. The zero-order valence-electron chi connectivity index (χ0n) is 33.4. The maximum Gasteiger partial charge on any atom is 0.311 e. The van der Waals surface area contributed by atoms with Gasteiger partial charge in [0.05, 0.1) is 41.5 Å². The van der Waals surface area contributed by atoms with E-state index in [-0.39, 0.29) is 31.7 Å². The second kappa shape index (κ2) is 18.9. The van der Waals surface area contributed by atoms with Gasteiger partial charge in [0.1, 0.15) is 30.7 Å². The van der Waals surface area contributed by atoms with Gasteiger partial charge in [0.15, 0.2) is 6.29 Å². The van der Waals surface area contributed by atoms with Crippen LogP contribution in [0.15, 0.2) is 0 Å². The second-order valence-corrected chi connectivity index (χ2v) is 16.3. The maximum absolute atomic E-state index is 14.1. The zero-order valence-corrected chi connectivity index (χ0v) is 33.4. The molecule has 15 atom stereocenters. The van der Waals surface area contributed by atoms with Crippen LogP contribution in [0.4, 0.5) is 0 Å². The summed E-state index contributed by atoms with van der Waals surface area (Å²) in [7, 11) is 7.39. The Labute approximate surface area is 301 Å². The average Bonchev–Trinajstić information content (AvgIpc) is 3.03. The van der Waals surface area contributed by atoms with E-state index in [4.69, 9.17) is 28.4 Å². The highest BCUT2D eigenvalue weighted by Gasteiger charge is 2.51. The van der Waals surface area contributed by atoms with Crippen LogP contribution < -0.4 is 0 Å². The van der Waals surface area contributed by atoms with Crippen molar-refractivity contribution in [2.75, 3.05) is 48.1 Å². The van der Waals surface area contributed by atoms with Gasteiger partial charge in [-0.15, -0.1) is 0 Å². The minimum absolute atomic E-state index is 0.0685. The lowest BCUT2D eigenvalue weighted by Gasteiger charge is -2.47. The molecule has 2 aliphatic heterocycles. The Balaban J connectivity index is 2.62. The zero-order chi connectivity index (χ0) is 38.4. The third kappa shape index (κ3) is 11.5. The summed E-state index contributed by atoms with van der Waals surface area (Å²) in [5.41, 5.74) is -4.16. The number of likely N-dealkylation sites (N-methyl/N-ethyl adjacent to an activating group) is 1. The molecule has 0 spiro atoms. The summed E-state index contributed by atoms with van der Waals surface area (Å²) in [6.45, 7) is 19.2. The predicted octanol–water partition coefficient (Wildman–Crippen LogP) is 2.79. The number of ether oxygens (including phenoxy) is 6. The minimum Gasteiger partial charge on any atom is -0.459 e. The molecule has 4 N–H and O–H groups in total. The molecule has 0 aromatic rings. The van der Waals surface area contributed by atoms with E-state index in [1.165, 1.54) is 14.0 Å². The van der Waals surface area contributed by atoms with Crippen LogP contribution in [0.5, 0.6) is 0 Å². The molecule has 0 bridgehead atoms. The van der Waals surface area contributed by atoms with E-state index < -0.39 is 83.6 Å². The fourth-order valence-corrected chi connectivity index (χ4v) is 7.75. The summed E-state index contributed by atoms with van der Waals surface area (Å²) in [4.78, 5) is 18.1. The van der Waals surface area contributed by atoms with E-state index in [0.717, 1.165) is 13.0 Å². The monoisotopic (exact) mass is 721 g/mol. The molecule has 2 saturated heterocycles. The third-order valence-electron chi connectivity index (χ3n) is 11.2. The van der Waals surface area contributed by atoms with Crippen LogP contribution in [-0.2, 0) is 33.2 Å². The van der Waals surface area contributed by atoms with Crippen LogP contribution >= 0.6 is 0 Å². The predicted molar refractivity (Wildman–Crippen MR) is 190 cm³/mol. The first-order valence-corrected chi connectivity index (χ1v) is 18.5. The summed E-state index contributed by atoms with van der Waals surface area (Å²) in [6.07, 6.45) is -5.05. The molecule has 0 aliphatic carbocycles. The smallest absolute Gasteiger partial charge is 0.311 e. The Morgan fingerprint density at radius 1 is 1.04 bits per heavy atom. The van der Waals surface area contributed by atoms with Crippen LogP contribution in [-0.4, -0.2) is 156 Å². The number of carbonyl (C=O) groups excluding carboxylic acids is 1. The number of nitrogens with zero attached hydrogens (tertiary/aromatic N) is 2. The van der Waals surface area contributed by atoms with Crippen molar-refractivity contribution in [2.24, 2.45) is 17.8 Å². The summed E-state index contributed by atoms with van der Waals surface area (Å²) in [6, 6.07) is -0.498. The van der Waals surface area contributed by atoms with Gasteiger partial charge in [0.25, 0.3) is 0 Å². The molecule has 1 unspecified atom stereocenters. The number of esters is 1. The number of hydrogen-bond donors (Lipinski definition) is 4. The first-order chi connectivity index (χ1) is 23.0. The number of rotatable bonds is 11. The molecule has 296 valence electrons. The van der Waals surface area contributed by atoms with Gasteiger partial charge in [0, 0.05) is 32.0 Å². The molecule has 0 radical (unpaired) electrons. The highest BCUT2D eigenvalue weighted by Crippen LogP contribution is 2.38. The highest BCUT2D eigenvalue weighted by atomic mass is 16.7. The molecule has 50 heavy (non-hydrogen) atoms. The molecule has 2 heterocycles. The van der Waals surface area contributed by atoms with Crippen molar-refractivity contribution in [3.8, 4) is 0 Å². The van der Waals surface area contributed by atoms with Crippen LogP contribution in [0.1, 0.15) is 94.9 Å². The summed E-state index contributed by atoms with van der Waals surface area (Å²) < 4.78 is 37.0. The number of aliphatic hydroxyl groups excluding tert-OH is 2. The van der Waals surface area contributed by atoms with Gasteiger partial charge in [0.2, 0.25) is 0 Å². The number of hydrogen-bond acceptors (Lipinski definition) is 13. The largest absolute Gasteiger partial charge is 0.459 e. The van der Waals surface area contributed by atoms with Crippen LogP contribution in [0.3, 0.4) is 0 Å². The second-order valence-electron chi connectivity index (χ2n) is 16.3. The van der Waals surface area contributed by atoms with E-state index in [1.54, 1.807) is 34.6 Å². The average molecular weight is 721 g/mol. The maximum atomic E-state index is 14.1. The lowest BCUT2D eigenvalue weighted by molar-refractivity contribution is -0.302. The fraction of sp³-hybridized carbons (Fsp3) is 0.973. The van der Waals surface area contributed by atoms with Gasteiger partial charge in [-0.2, -0.15) is 0 Å². The van der Waals surface area contributed by atoms with E-state index in [9.17, 15) is 25.2 Å². The molecule has 2 rings (SSSR count). The molecule has 2 fully saturated rings. The highest BCUT2D eigenvalue weighted by molar-refractivity contribution is 5.73. The standard InChI is InChI=1S/C37H72N2O11/c1-15-28-37(10,44)31(40)26(6)39(13)20-22(2)18-35(8,43)33(47-21-46-23(3)16-17-38(11)12)24(4)30(25(5)34(42)49-28)50-29-19-36(9,45-14)32(41)27(7)48-29/h22-33,40-41,43-44H,15-21H2,1-14H3/t22-,23-,24+,25-,26-,27+,28-,29+,30+,31-,32+,33-,35?,36-,37-/m1/s1. The fourth-order valence-electron chi connectivity index (χ4n) is 7.75. The van der Waals surface area contributed by atoms with Gasteiger partial charge in [-0.05, 0) is 101 Å². The first kappa shape index (κ1) is 45.2. The molecule has 0 amide bonds. The van der Waals surface area contributed by atoms with E-state index in [2.05, 4.69) is 4.90 Å². The molecule has 0 aromatic heterocycles. The van der Waals surface area contributed by atoms with Crippen molar-refractivity contribution in [3.05, 3.63) is 0 Å². The van der Waals surface area contributed by atoms with Crippen LogP contribution in [0, 0.1) is 17.8 Å². The summed E-state index contributed by atoms with van der Waals surface area (Å²) in [5, 5.41) is 46.2. The van der Waals surface area contributed by atoms with Gasteiger partial charge >= 0.3 is 5.97 Å². The Morgan fingerprint density at radius 3 is 2.22 bits per heavy atom. The van der Waals surface area contributed by atoms with Crippen molar-refractivity contribution in [3.63, 3.8) is 0 Å². The van der Waals surface area contributed by atoms with E-state index in [1.807, 2.05) is 53.7 Å². The van der Waals surface area contributed by atoms with Crippen molar-refractivity contribution >= 4 is 5.97 Å². The molecule has 13 nitrogen and oxygen atoms in total. The molecule has 2 aliphatic rings.